The van der Waals surface area contributed by atoms with Crippen LogP contribution in [0.5, 0.6) is 0 Å². The number of primary amides is 1. The van der Waals surface area contributed by atoms with E-state index in [1.807, 2.05) is 0 Å². The fourth-order valence-electron chi connectivity index (χ4n) is 1.47. The maximum atomic E-state index is 12.3. The first kappa shape index (κ1) is 12.4. The van der Waals surface area contributed by atoms with E-state index in [1.54, 1.807) is 4.90 Å². The van der Waals surface area contributed by atoms with Gasteiger partial charge < -0.3 is 15.4 Å². The highest BCUT2D eigenvalue weighted by Gasteiger charge is 2.34. The zero-order chi connectivity index (χ0) is 13.3. The Labute approximate surface area is 99.6 Å². The Morgan fingerprint density at radius 3 is 2.39 bits per heavy atom. The number of anilines is 1. The predicted octanol–water partition coefficient (Wildman–Crippen LogP) is 0.779. The molecule has 0 radical (unpaired) electrons. The zero-order valence-electron chi connectivity index (χ0n) is 9.02. The van der Waals surface area contributed by atoms with Gasteiger partial charge in [0.25, 0.3) is 0 Å². The Bertz CT molecular complexity index is 442. The van der Waals surface area contributed by atoms with Gasteiger partial charge in [-0.05, 0) is 0 Å². The molecule has 9 heteroatoms. The molecule has 1 amide bonds. The molecule has 0 aliphatic carbocycles. The number of aromatic nitrogens is 2. The topological polar surface area (TPSA) is 81.3 Å². The van der Waals surface area contributed by atoms with Gasteiger partial charge in [-0.15, -0.1) is 0 Å². The molecule has 1 aromatic heterocycles. The molecule has 2 N–H and O–H groups in total. The van der Waals surface area contributed by atoms with Crippen LogP contribution in [0.3, 0.4) is 0 Å². The van der Waals surface area contributed by atoms with Gasteiger partial charge in [0.2, 0.25) is 5.95 Å². The second-order valence-electron chi connectivity index (χ2n) is 3.73. The summed E-state index contributed by atoms with van der Waals surface area (Å²) >= 11 is 0. The fourth-order valence-corrected chi connectivity index (χ4v) is 1.47. The van der Waals surface area contributed by atoms with Crippen molar-refractivity contribution in [2.24, 2.45) is 5.73 Å². The molecular weight excluding hydrogens is 253 g/mol. The van der Waals surface area contributed by atoms with Gasteiger partial charge in [0, 0.05) is 12.4 Å². The summed E-state index contributed by atoms with van der Waals surface area (Å²) in [5.74, 6) is 0.160. The number of hydrogen-bond acceptors (Lipinski definition) is 5. The molecule has 0 spiro atoms. The molecule has 0 aromatic carbocycles. The molecule has 2 heterocycles. The van der Waals surface area contributed by atoms with E-state index < -0.39 is 17.8 Å². The number of hydrogen-bond donors (Lipinski definition) is 1. The fraction of sp³-hybridized carbons (Fsp3) is 0.444. The van der Waals surface area contributed by atoms with E-state index in [0.717, 1.165) is 0 Å². The van der Waals surface area contributed by atoms with E-state index in [2.05, 4.69) is 14.7 Å². The lowest BCUT2D eigenvalue weighted by molar-refractivity contribution is -0.138. The lowest BCUT2D eigenvalue weighted by Gasteiger charge is -2.37. The first-order chi connectivity index (χ1) is 8.36. The van der Waals surface area contributed by atoms with Crippen LogP contribution in [-0.2, 0) is 10.9 Å². The van der Waals surface area contributed by atoms with Crippen molar-refractivity contribution in [2.75, 3.05) is 18.0 Å². The van der Waals surface area contributed by atoms with Crippen LogP contribution in [0.1, 0.15) is 5.56 Å². The molecule has 1 aliphatic heterocycles. The van der Waals surface area contributed by atoms with Crippen molar-refractivity contribution in [3.63, 3.8) is 0 Å². The summed E-state index contributed by atoms with van der Waals surface area (Å²) in [6.07, 6.45) is -4.28. The maximum Gasteiger partial charge on any atom is 0.419 e. The second-order valence-corrected chi connectivity index (χ2v) is 3.73. The van der Waals surface area contributed by atoms with Crippen molar-refractivity contribution in [2.45, 2.75) is 12.3 Å². The monoisotopic (exact) mass is 262 g/mol. The molecule has 0 atom stereocenters. The lowest BCUT2D eigenvalue weighted by Crippen LogP contribution is -2.54. The Hall–Kier alpha value is -2.06. The molecule has 6 nitrogen and oxygen atoms in total. The largest absolute Gasteiger partial charge is 0.443 e. The Morgan fingerprint density at radius 1 is 1.39 bits per heavy atom. The second kappa shape index (κ2) is 4.31. The quantitative estimate of drug-likeness (QED) is 0.851. The van der Waals surface area contributed by atoms with Crippen LogP contribution in [0.2, 0.25) is 0 Å². The molecule has 1 saturated heterocycles. The van der Waals surface area contributed by atoms with Crippen molar-refractivity contribution < 1.29 is 22.7 Å². The van der Waals surface area contributed by atoms with E-state index in [-0.39, 0.29) is 12.1 Å². The van der Waals surface area contributed by atoms with E-state index in [0.29, 0.717) is 25.5 Å². The average Bonchev–Trinajstić information content (AvgIpc) is 2.21. The van der Waals surface area contributed by atoms with Crippen molar-refractivity contribution in [3.05, 3.63) is 18.0 Å². The van der Waals surface area contributed by atoms with Crippen LogP contribution in [0.25, 0.3) is 0 Å². The third kappa shape index (κ3) is 2.60. The number of carbonyl (C=O) groups excluding carboxylic acids is 1. The predicted molar refractivity (Wildman–Crippen MR) is 53.7 cm³/mol. The van der Waals surface area contributed by atoms with Gasteiger partial charge in [-0.1, -0.05) is 0 Å². The van der Waals surface area contributed by atoms with Crippen molar-refractivity contribution in [1.29, 1.82) is 0 Å². The van der Waals surface area contributed by atoms with Crippen molar-refractivity contribution in [1.82, 2.24) is 9.97 Å². The number of rotatable bonds is 2. The summed E-state index contributed by atoms with van der Waals surface area (Å²) in [6, 6.07) is 0. The average molecular weight is 262 g/mol. The van der Waals surface area contributed by atoms with Crippen LogP contribution in [0.15, 0.2) is 12.4 Å². The SMILES string of the molecule is NC(=O)OC1CN(c2ncc(C(F)(F)F)cn2)C1. The van der Waals surface area contributed by atoms with Crippen LogP contribution in [0.4, 0.5) is 23.9 Å². The molecule has 0 bridgehead atoms. The number of carbonyl (C=O) groups is 1. The lowest BCUT2D eigenvalue weighted by atomic mass is 10.2. The minimum Gasteiger partial charge on any atom is -0.443 e. The number of nitrogens with two attached hydrogens (primary N) is 1. The molecule has 2 rings (SSSR count). The van der Waals surface area contributed by atoms with Gasteiger partial charge >= 0.3 is 12.3 Å². The summed E-state index contributed by atoms with van der Waals surface area (Å²) in [7, 11) is 0. The molecule has 1 fully saturated rings. The summed E-state index contributed by atoms with van der Waals surface area (Å²) in [6.45, 7) is 0.628. The highest BCUT2D eigenvalue weighted by molar-refractivity contribution is 5.65. The molecule has 0 saturated carbocycles. The van der Waals surface area contributed by atoms with Crippen LogP contribution >= 0.6 is 0 Å². The summed E-state index contributed by atoms with van der Waals surface area (Å²) in [5, 5.41) is 0. The summed E-state index contributed by atoms with van der Waals surface area (Å²) < 4.78 is 41.4. The maximum absolute atomic E-state index is 12.3. The number of nitrogens with zero attached hydrogens (tertiary/aromatic N) is 3. The number of amides is 1. The minimum absolute atomic E-state index is 0.160. The molecule has 1 aliphatic rings. The Morgan fingerprint density at radius 2 is 1.94 bits per heavy atom. The number of alkyl halides is 3. The number of ether oxygens (including phenoxy) is 1. The Kier molecular flexibility index (Phi) is 2.97. The van der Waals surface area contributed by atoms with Crippen molar-refractivity contribution in [3.8, 4) is 0 Å². The minimum atomic E-state index is -4.45. The van der Waals surface area contributed by atoms with Gasteiger partial charge in [0.1, 0.15) is 6.10 Å². The molecule has 98 valence electrons. The highest BCUT2D eigenvalue weighted by Crippen LogP contribution is 2.28. The zero-order valence-corrected chi connectivity index (χ0v) is 9.02. The van der Waals surface area contributed by atoms with Crippen LogP contribution < -0.4 is 10.6 Å². The van der Waals surface area contributed by atoms with Crippen LogP contribution in [0, 0.1) is 0 Å². The normalized spacial score (nSPS) is 16.3. The summed E-state index contributed by atoms with van der Waals surface area (Å²) in [4.78, 5) is 19.2. The Balaban J connectivity index is 1.95. The third-order valence-corrected chi connectivity index (χ3v) is 2.38. The number of halogens is 3. The first-order valence-corrected chi connectivity index (χ1v) is 4.96. The van der Waals surface area contributed by atoms with Gasteiger partial charge in [-0.2, -0.15) is 13.2 Å². The van der Waals surface area contributed by atoms with E-state index >= 15 is 0 Å². The van der Waals surface area contributed by atoms with E-state index in [1.165, 1.54) is 0 Å². The standard InChI is InChI=1S/C9H9F3N4O2/c10-9(11,12)5-1-14-8(15-2-5)16-3-6(4-16)18-7(13)17/h1-2,6H,3-4H2,(H2,13,17). The van der Waals surface area contributed by atoms with Crippen LogP contribution in [-0.4, -0.2) is 35.3 Å². The summed E-state index contributed by atoms with van der Waals surface area (Å²) in [5.41, 5.74) is 3.91. The molecule has 1 aromatic rings. The molecular formula is C9H9F3N4O2. The van der Waals surface area contributed by atoms with Gasteiger partial charge in [-0.25, -0.2) is 14.8 Å². The molecule has 18 heavy (non-hydrogen) atoms. The van der Waals surface area contributed by atoms with E-state index in [4.69, 9.17) is 5.73 Å². The molecule has 0 unspecified atom stereocenters. The highest BCUT2D eigenvalue weighted by atomic mass is 19.4. The smallest absolute Gasteiger partial charge is 0.419 e. The van der Waals surface area contributed by atoms with E-state index in [9.17, 15) is 18.0 Å². The third-order valence-electron chi connectivity index (χ3n) is 2.38. The first-order valence-electron chi connectivity index (χ1n) is 4.96. The van der Waals surface area contributed by atoms with Gasteiger partial charge in [0.05, 0.1) is 18.7 Å². The van der Waals surface area contributed by atoms with Gasteiger partial charge in [-0.3, -0.25) is 0 Å². The van der Waals surface area contributed by atoms with Crippen molar-refractivity contribution >= 4 is 12.0 Å². The van der Waals surface area contributed by atoms with Gasteiger partial charge in [0.15, 0.2) is 0 Å².